The lowest BCUT2D eigenvalue weighted by Gasteiger charge is -2.01. The second-order valence-electron chi connectivity index (χ2n) is 1.54. The maximum Gasteiger partial charge on any atom is 0.308 e. The Labute approximate surface area is 57.4 Å². The zero-order valence-corrected chi connectivity index (χ0v) is 5.55. The fourth-order valence-corrected chi connectivity index (χ4v) is 0.343. The molecule has 0 aliphatic rings. The molecule has 0 bridgehead atoms. The minimum atomic E-state index is -2.30. The van der Waals surface area contributed by atoms with Crippen molar-refractivity contribution in [1.82, 2.24) is 0 Å². The molecule has 1 atom stereocenters. The lowest BCUT2D eigenvalue weighted by atomic mass is 10.3. The zero-order chi connectivity index (χ0) is 9.07. The molecule has 0 amide bonds. The fourth-order valence-electron chi connectivity index (χ4n) is 0.343. The van der Waals surface area contributed by atoms with E-state index >= 15 is 0 Å². The van der Waals surface area contributed by atoms with Crippen molar-refractivity contribution in [1.29, 1.82) is 0 Å². The SMILES string of the molecule is [2H]C([2H])(C(=O)OCC)C(C)O. The van der Waals surface area contributed by atoms with Crippen molar-refractivity contribution in [2.45, 2.75) is 26.3 Å². The van der Waals surface area contributed by atoms with Crippen LogP contribution in [0.1, 0.15) is 23.0 Å². The quantitative estimate of drug-likeness (QED) is 0.565. The van der Waals surface area contributed by atoms with E-state index in [1.54, 1.807) is 6.92 Å². The predicted molar refractivity (Wildman–Crippen MR) is 32.9 cm³/mol. The maximum atomic E-state index is 10.7. The van der Waals surface area contributed by atoms with Crippen LogP contribution in [0.5, 0.6) is 0 Å². The molecule has 0 aromatic carbocycles. The van der Waals surface area contributed by atoms with Crippen molar-refractivity contribution in [3.05, 3.63) is 0 Å². The molecule has 0 heterocycles. The topological polar surface area (TPSA) is 46.5 Å². The molecule has 0 saturated carbocycles. The highest BCUT2D eigenvalue weighted by atomic mass is 16.5. The standard InChI is InChI=1S/C6H12O3/c1-3-9-6(8)4-5(2)7/h5,7H,3-4H2,1-2H3/i4D2. The molecule has 0 aromatic rings. The van der Waals surface area contributed by atoms with Gasteiger partial charge in [-0.15, -0.1) is 0 Å². The van der Waals surface area contributed by atoms with E-state index in [0.29, 0.717) is 0 Å². The minimum Gasteiger partial charge on any atom is -0.466 e. The normalized spacial score (nSPS) is 17.7. The number of carbonyl (C=O) groups excluding carboxylic acids is 1. The van der Waals surface area contributed by atoms with E-state index in [2.05, 4.69) is 4.74 Å². The Bertz CT molecular complexity index is 145. The van der Waals surface area contributed by atoms with Gasteiger partial charge in [0.1, 0.15) is 0 Å². The van der Waals surface area contributed by atoms with Gasteiger partial charge in [0.25, 0.3) is 0 Å². The van der Waals surface area contributed by atoms with Crippen LogP contribution in [0.4, 0.5) is 0 Å². The Balaban J connectivity index is 4.18. The monoisotopic (exact) mass is 134 g/mol. The highest BCUT2D eigenvalue weighted by molar-refractivity contribution is 5.69. The third-order valence-electron chi connectivity index (χ3n) is 0.602. The molecule has 0 aromatic heterocycles. The first kappa shape index (κ1) is 5.23. The fraction of sp³-hybridized carbons (Fsp3) is 0.833. The van der Waals surface area contributed by atoms with E-state index < -0.39 is 18.4 Å². The molecule has 0 saturated heterocycles. The average Bonchev–Trinajstić information content (AvgIpc) is 1.88. The van der Waals surface area contributed by atoms with E-state index in [0.717, 1.165) is 0 Å². The number of hydrogen-bond acceptors (Lipinski definition) is 3. The number of aliphatic hydroxyl groups is 1. The van der Waals surface area contributed by atoms with Gasteiger partial charge in [-0.25, -0.2) is 0 Å². The number of esters is 1. The lowest BCUT2D eigenvalue weighted by molar-refractivity contribution is -0.145. The summed E-state index contributed by atoms with van der Waals surface area (Å²) in [5, 5.41) is 8.80. The maximum absolute atomic E-state index is 10.7. The number of aliphatic hydroxyl groups excluding tert-OH is 1. The second-order valence-corrected chi connectivity index (χ2v) is 1.54. The summed E-state index contributed by atoms with van der Waals surface area (Å²) in [6.07, 6.45) is -3.64. The predicted octanol–water partition coefficient (Wildman–Crippen LogP) is 0.320. The first-order chi connectivity index (χ1) is 4.92. The molecular weight excluding hydrogens is 120 g/mol. The van der Waals surface area contributed by atoms with Crippen molar-refractivity contribution < 1.29 is 17.4 Å². The van der Waals surface area contributed by atoms with Gasteiger partial charge in [0.15, 0.2) is 0 Å². The molecule has 0 spiro atoms. The van der Waals surface area contributed by atoms with Crippen molar-refractivity contribution in [2.24, 2.45) is 0 Å². The summed E-state index contributed by atoms with van der Waals surface area (Å²) in [7, 11) is 0. The molecule has 1 N–H and O–H groups in total. The highest BCUT2D eigenvalue weighted by Crippen LogP contribution is 1.91. The van der Waals surface area contributed by atoms with Gasteiger partial charge in [-0.05, 0) is 13.8 Å². The average molecular weight is 134 g/mol. The molecule has 0 fully saturated rings. The van der Waals surface area contributed by atoms with Crippen molar-refractivity contribution in [3.63, 3.8) is 0 Å². The van der Waals surface area contributed by atoms with Crippen LogP contribution in [-0.4, -0.2) is 23.8 Å². The zero-order valence-electron chi connectivity index (χ0n) is 7.55. The molecule has 0 aliphatic carbocycles. The molecule has 0 aliphatic heterocycles. The first-order valence-corrected chi connectivity index (χ1v) is 2.78. The molecule has 9 heavy (non-hydrogen) atoms. The summed E-state index contributed by atoms with van der Waals surface area (Å²) in [6.45, 7) is 2.90. The Morgan fingerprint density at radius 1 is 2.00 bits per heavy atom. The largest absolute Gasteiger partial charge is 0.466 e. The van der Waals surface area contributed by atoms with Gasteiger partial charge in [-0.3, -0.25) is 4.79 Å². The summed E-state index contributed by atoms with van der Waals surface area (Å²) in [5.41, 5.74) is 0. The molecular formula is C6H12O3. The molecule has 0 radical (unpaired) electrons. The van der Waals surface area contributed by atoms with E-state index in [-0.39, 0.29) is 6.61 Å². The van der Waals surface area contributed by atoms with Gasteiger partial charge in [0.2, 0.25) is 0 Å². The van der Waals surface area contributed by atoms with Crippen LogP contribution >= 0.6 is 0 Å². The summed E-state index contributed by atoms with van der Waals surface area (Å²) >= 11 is 0. The Hall–Kier alpha value is -0.570. The van der Waals surface area contributed by atoms with E-state index in [4.69, 9.17) is 7.85 Å². The Morgan fingerprint density at radius 3 is 2.89 bits per heavy atom. The first-order valence-electron chi connectivity index (χ1n) is 3.78. The minimum absolute atomic E-state index is 0.116. The van der Waals surface area contributed by atoms with Crippen molar-refractivity contribution in [3.8, 4) is 0 Å². The van der Waals surface area contributed by atoms with Crippen LogP contribution in [0.2, 0.25) is 0 Å². The van der Waals surface area contributed by atoms with Crippen LogP contribution in [0.25, 0.3) is 0 Å². The molecule has 3 heteroatoms. The lowest BCUT2D eigenvalue weighted by Crippen LogP contribution is -2.11. The number of ether oxygens (including phenoxy) is 1. The second kappa shape index (κ2) is 4.32. The third-order valence-corrected chi connectivity index (χ3v) is 0.602. The highest BCUT2D eigenvalue weighted by Gasteiger charge is 2.04. The third kappa shape index (κ3) is 5.30. The molecule has 1 unspecified atom stereocenters. The van der Waals surface area contributed by atoms with Gasteiger partial charge in [0, 0.05) is 2.74 Å². The molecule has 0 rings (SSSR count). The van der Waals surface area contributed by atoms with Gasteiger partial charge in [-0.1, -0.05) is 0 Å². The van der Waals surface area contributed by atoms with Crippen molar-refractivity contribution in [2.75, 3.05) is 6.61 Å². The molecule has 54 valence electrons. The van der Waals surface area contributed by atoms with Gasteiger partial charge < -0.3 is 9.84 Å². The van der Waals surface area contributed by atoms with Crippen molar-refractivity contribution >= 4 is 5.97 Å². The smallest absolute Gasteiger partial charge is 0.308 e. The van der Waals surface area contributed by atoms with E-state index in [9.17, 15) is 4.79 Å². The summed E-state index contributed by atoms with van der Waals surface area (Å²) < 4.78 is 18.5. The number of carbonyl (C=O) groups is 1. The Morgan fingerprint density at radius 2 is 2.56 bits per heavy atom. The van der Waals surface area contributed by atoms with Crippen LogP contribution in [0.3, 0.4) is 0 Å². The summed E-state index contributed by atoms with van der Waals surface area (Å²) in [5.74, 6) is -1.02. The number of rotatable bonds is 3. The van der Waals surface area contributed by atoms with Gasteiger partial charge >= 0.3 is 5.97 Å². The van der Waals surface area contributed by atoms with E-state index in [1.807, 2.05) is 0 Å². The van der Waals surface area contributed by atoms with Crippen LogP contribution in [0.15, 0.2) is 0 Å². The molecule has 3 nitrogen and oxygen atoms in total. The van der Waals surface area contributed by atoms with Gasteiger partial charge in [0.05, 0.1) is 19.1 Å². The van der Waals surface area contributed by atoms with Crippen LogP contribution in [0, 0.1) is 0 Å². The summed E-state index contributed by atoms with van der Waals surface area (Å²) in [4.78, 5) is 10.7. The van der Waals surface area contributed by atoms with Crippen LogP contribution in [-0.2, 0) is 9.53 Å². The Kier molecular flexibility index (Phi) is 2.51. The van der Waals surface area contributed by atoms with Crippen LogP contribution < -0.4 is 0 Å². The number of hydrogen-bond donors (Lipinski definition) is 1. The summed E-state index contributed by atoms with van der Waals surface area (Å²) in [6, 6.07) is 0. The van der Waals surface area contributed by atoms with E-state index in [1.165, 1.54) is 6.92 Å². The van der Waals surface area contributed by atoms with Gasteiger partial charge in [-0.2, -0.15) is 0 Å².